The summed E-state index contributed by atoms with van der Waals surface area (Å²) in [7, 11) is 0. The SMILES string of the molecule is c1ccc2c(c1)ccc1c3cc(-c4cc5ccc6cc(-c7ccc8sc9c%10ccccc%10ccc9c8c7)cc7ccc(c4)c5c67)ccc3sc21. The second kappa shape index (κ2) is 9.89. The second-order valence-corrected chi connectivity index (χ2v) is 15.8. The molecule has 12 rings (SSSR count). The summed E-state index contributed by atoms with van der Waals surface area (Å²) in [5.74, 6) is 0. The number of benzene rings is 10. The molecule has 0 spiro atoms. The molecule has 0 saturated heterocycles. The topological polar surface area (TPSA) is 0 Å². The van der Waals surface area contributed by atoms with Gasteiger partial charge < -0.3 is 0 Å². The fourth-order valence-electron chi connectivity index (χ4n) is 8.54. The van der Waals surface area contributed by atoms with E-state index in [2.05, 4.69) is 158 Å². The Morgan fingerprint density at radius 2 is 0.660 bits per heavy atom. The van der Waals surface area contributed by atoms with Crippen LogP contribution < -0.4 is 0 Å². The van der Waals surface area contributed by atoms with Gasteiger partial charge in [0.15, 0.2) is 0 Å². The molecule has 2 heteroatoms. The Morgan fingerprint density at radius 3 is 1.10 bits per heavy atom. The van der Waals surface area contributed by atoms with Crippen LogP contribution in [0.1, 0.15) is 0 Å². The lowest BCUT2D eigenvalue weighted by Crippen LogP contribution is -1.87. The lowest BCUT2D eigenvalue weighted by atomic mass is 9.89. The smallest absolute Gasteiger partial charge is 0.0433 e. The van der Waals surface area contributed by atoms with E-state index in [0.29, 0.717) is 0 Å². The molecule has 50 heavy (non-hydrogen) atoms. The summed E-state index contributed by atoms with van der Waals surface area (Å²) in [6, 6.07) is 59.5. The fraction of sp³-hybridized carbons (Fsp3) is 0. The Bertz CT molecular complexity index is 3080. The molecule has 0 fully saturated rings. The maximum atomic E-state index is 2.40. The quantitative estimate of drug-likeness (QED) is 0.161. The summed E-state index contributed by atoms with van der Waals surface area (Å²) in [5.41, 5.74) is 5.07. The minimum absolute atomic E-state index is 1.27. The van der Waals surface area contributed by atoms with E-state index in [1.165, 1.54) is 116 Å². The number of fused-ring (bicyclic) bond motifs is 10. The molecule has 0 bridgehead atoms. The van der Waals surface area contributed by atoms with E-state index in [1.54, 1.807) is 0 Å². The molecule has 0 saturated carbocycles. The van der Waals surface area contributed by atoms with Crippen molar-refractivity contribution in [1.82, 2.24) is 0 Å². The van der Waals surface area contributed by atoms with Crippen LogP contribution in [-0.2, 0) is 0 Å². The van der Waals surface area contributed by atoms with Gasteiger partial charge in [0.1, 0.15) is 0 Å². The van der Waals surface area contributed by atoms with E-state index < -0.39 is 0 Å². The molecule has 0 amide bonds. The fourth-order valence-corrected chi connectivity index (χ4v) is 11.0. The average Bonchev–Trinajstić information content (AvgIpc) is 3.75. The van der Waals surface area contributed by atoms with E-state index >= 15 is 0 Å². The van der Waals surface area contributed by atoms with Crippen LogP contribution in [-0.4, -0.2) is 0 Å². The molecule has 2 aromatic heterocycles. The number of hydrogen-bond acceptors (Lipinski definition) is 2. The highest BCUT2D eigenvalue weighted by atomic mass is 32.1. The Labute approximate surface area is 295 Å². The molecule has 0 aliphatic rings. The lowest BCUT2D eigenvalue weighted by Gasteiger charge is -2.15. The van der Waals surface area contributed by atoms with E-state index in [-0.39, 0.29) is 0 Å². The minimum atomic E-state index is 1.27. The van der Waals surface area contributed by atoms with Crippen LogP contribution in [0, 0.1) is 0 Å². The molecule has 0 nitrogen and oxygen atoms in total. The largest absolute Gasteiger partial charge is 0.135 e. The van der Waals surface area contributed by atoms with Crippen molar-refractivity contribution in [2.75, 3.05) is 0 Å². The van der Waals surface area contributed by atoms with E-state index in [4.69, 9.17) is 0 Å². The average molecular weight is 667 g/mol. The number of thiophene rings is 2. The van der Waals surface area contributed by atoms with Crippen molar-refractivity contribution in [2.24, 2.45) is 0 Å². The molecule has 0 atom stereocenters. The van der Waals surface area contributed by atoms with Crippen LogP contribution in [0.25, 0.3) is 116 Å². The third kappa shape index (κ3) is 3.75. The molecular formula is C48H26S2. The molecule has 230 valence electrons. The van der Waals surface area contributed by atoms with Gasteiger partial charge in [-0.05, 0) is 125 Å². The molecular weight excluding hydrogens is 641 g/mol. The van der Waals surface area contributed by atoms with Crippen LogP contribution in [0.15, 0.2) is 158 Å². The highest BCUT2D eigenvalue weighted by Gasteiger charge is 2.15. The highest BCUT2D eigenvalue weighted by molar-refractivity contribution is 7.27. The van der Waals surface area contributed by atoms with Crippen LogP contribution in [0.5, 0.6) is 0 Å². The third-order valence-corrected chi connectivity index (χ3v) is 13.4. The molecule has 2 heterocycles. The third-order valence-electron chi connectivity index (χ3n) is 10.9. The molecule has 12 aromatic rings. The first-order valence-electron chi connectivity index (χ1n) is 17.1. The van der Waals surface area contributed by atoms with Gasteiger partial charge in [-0.25, -0.2) is 0 Å². The van der Waals surface area contributed by atoms with E-state index in [0.717, 1.165) is 0 Å². The van der Waals surface area contributed by atoms with Crippen molar-refractivity contribution in [3.63, 3.8) is 0 Å². The van der Waals surface area contributed by atoms with E-state index in [9.17, 15) is 0 Å². The summed E-state index contributed by atoms with van der Waals surface area (Å²) < 4.78 is 5.44. The zero-order chi connectivity index (χ0) is 32.5. The Balaban J connectivity index is 0.992. The Hall–Kier alpha value is -5.80. The summed E-state index contributed by atoms with van der Waals surface area (Å²) in [6.45, 7) is 0. The van der Waals surface area contributed by atoms with Crippen molar-refractivity contribution in [2.45, 2.75) is 0 Å². The summed E-state index contributed by atoms with van der Waals surface area (Å²) in [6.07, 6.45) is 0. The normalized spacial score (nSPS) is 12.4. The van der Waals surface area contributed by atoms with Gasteiger partial charge in [0.2, 0.25) is 0 Å². The van der Waals surface area contributed by atoms with Crippen molar-refractivity contribution in [1.29, 1.82) is 0 Å². The van der Waals surface area contributed by atoms with Gasteiger partial charge in [-0.15, -0.1) is 22.7 Å². The molecule has 0 aliphatic heterocycles. The van der Waals surface area contributed by atoms with Crippen LogP contribution in [0.4, 0.5) is 0 Å². The summed E-state index contributed by atoms with van der Waals surface area (Å²) >= 11 is 3.81. The Morgan fingerprint density at radius 1 is 0.260 bits per heavy atom. The molecule has 0 unspecified atom stereocenters. The van der Waals surface area contributed by atoms with Crippen LogP contribution >= 0.6 is 22.7 Å². The maximum Gasteiger partial charge on any atom is 0.0433 e. The van der Waals surface area contributed by atoms with Gasteiger partial charge in [0, 0.05) is 40.3 Å². The molecule has 0 N–H and O–H groups in total. The highest BCUT2D eigenvalue weighted by Crippen LogP contribution is 2.44. The number of rotatable bonds is 2. The second-order valence-electron chi connectivity index (χ2n) is 13.7. The summed E-state index contributed by atoms with van der Waals surface area (Å²) in [4.78, 5) is 0. The Kier molecular flexibility index (Phi) is 5.35. The van der Waals surface area contributed by atoms with Gasteiger partial charge in [-0.2, -0.15) is 0 Å². The molecule has 10 aromatic carbocycles. The van der Waals surface area contributed by atoms with Crippen molar-refractivity contribution >= 4 is 117 Å². The van der Waals surface area contributed by atoms with Gasteiger partial charge in [0.05, 0.1) is 0 Å². The van der Waals surface area contributed by atoms with Crippen molar-refractivity contribution in [3.05, 3.63) is 158 Å². The zero-order valence-electron chi connectivity index (χ0n) is 26.8. The van der Waals surface area contributed by atoms with Gasteiger partial charge >= 0.3 is 0 Å². The predicted octanol–water partition coefficient (Wildman–Crippen LogP) is 15.0. The monoisotopic (exact) mass is 666 g/mol. The zero-order valence-corrected chi connectivity index (χ0v) is 28.5. The first-order valence-corrected chi connectivity index (χ1v) is 18.8. The maximum absolute atomic E-state index is 2.40. The van der Waals surface area contributed by atoms with Crippen molar-refractivity contribution in [3.8, 4) is 22.3 Å². The minimum Gasteiger partial charge on any atom is -0.135 e. The first kappa shape index (κ1) is 27.1. The van der Waals surface area contributed by atoms with Gasteiger partial charge in [0.25, 0.3) is 0 Å². The standard InChI is InChI=1S/C48H26S2/c1-3-7-37-27(5-1)13-17-39-41-25-29(15-19-43(41)49-47(37)39)35-21-31-9-11-33-23-36(24-34-12-10-32(22-35)45(31)46(33)34)30-16-20-44-42(26-30)40-18-14-28-6-2-4-8-38(28)48(40)50-44/h1-26H. The van der Waals surface area contributed by atoms with Crippen LogP contribution in [0.3, 0.4) is 0 Å². The predicted molar refractivity (Wildman–Crippen MR) is 222 cm³/mol. The van der Waals surface area contributed by atoms with Gasteiger partial charge in [-0.1, -0.05) is 109 Å². The van der Waals surface area contributed by atoms with E-state index in [1.807, 2.05) is 22.7 Å². The molecule has 0 aliphatic carbocycles. The van der Waals surface area contributed by atoms with Gasteiger partial charge in [-0.3, -0.25) is 0 Å². The van der Waals surface area contributed by atoms with Crippen LogP contribution in [0.2, 0.25) is 0 Å². The first-order chi connectivity index (χ1) is 24.7. The lowest BCUT2D eigenvalue weighted by molar-refractivity contribution is 1.70. The summed E-state index contributed by atoms with van der Waals surface area (Å²) in [5, 5.41) is 18.6. The van der Waals surface area contributed by atoms with Crippen molar-refractivity contribution < 1.29 is 0 Å². The number of hydrogen-bond donors (Lipinski definition) is 0. The molecule has 0 radical (unpaired) electrons.